The van der Waals surface area contributed by atoms with Gasteiger partial charge in [-0.15, -0.1) is 0 Å². The number of nitrogens with zero attached hydrogens (tertiary/aromatic N) is 2. The average Bonchev–Trinajstić information content (AvgIpc) is 3.06. The summed E-state index contributed by atoms with van der Waals surface area (Å²) in [6.45, 7) is 3.65. The molecule has 3 heterocycles. The number of hydrogen-bond donors (Lipinski definition) is 1. The lowest BCUT2D eigenvalue weighted by molar-refractivity contribution is -0.111. The van der Waals surface area contributed by atoms with Crippen LogP contribution in [0.25, 0.3) is 11.7 Å². The van der Waals surface area contributed by atoms with Gasteiger partial charge in [-0.2, -0.15) is 0 Å². The van der Waals surface area contributed by atoms with Crippen LogP contribution in [0, 0.1) is 0 Å². The Kier molecular flexibility index (Phi) is 3.85. The molecule has 1 aromatic carbocycles. The SMILES string of the molecule is CC1(C)Oc2ccc(NC(=O)C=Cc3c(Cl)nc4ccccn34)cc2O1. The Hall–Kier alpha value is -2.99. The van der Waals surface area contributed by atoms with Gasteiger partial charge in [0.25, 0.3) is 0 Å². The number of carbonyl (C=O) groups is 1. The molecule has 4 rings (SSSR count). The molecule has 0 spiro atoms. The van der Waals surface area contributed by atoms with Crippen LogP contribution in [0.2, 0.25) is 5.15 Å². The highest BCUT2D eigenvalue weighted by atomic mass is 35.5. The van der Waals surface area contributed by atoms with Crippen molar-refractivity contribution in [2.45, 2.75) is 19.6 Å². The molecule has 1 amide bonds. The third-order valence-corrected chi connectivity index (χ3v) is 4.12. The summed E-state index contributed by atoms with van der Waals surface area (Å²) in [4.78, 5) is 16.5. The van der Waals surface area contributed by atoms with Crippen LogP contribution in [0.15, 0.2) is 48.7 Å². The predicted molar refractivity (Wildman–Crippen MR) is 99.6 cm³/mol. The zero-order chi connectivity index (χ0) is 18.3. The molecule has 7 heteroatoms. The van der Waals surface area contributed by atoms with Crippen LogP contribution in [0.3, 0.4) is 0 Å². The van der Waals surface area contributed by atoms with E-state index < -0.39 is 5.79 Å². The topological polar surface area (TPSA) is 64.9 Å². The summed E-state index contributed by atoms with van der Waals surface area (Å²) in [6, 6.07) is 10.9. The van der Waals surface area contributed by atoms with E-state index in [-0.39, 0.29) is 5.91 Å². The Labute approximate surface area is 155 Å². The van der Waals surface area contributed by atoms with Crippen molar-refractivity contribution >= 4 is 34.9 Å². The number of ether oxygens (including phenoxy) is 2. The van der Waals surface area contributed by atoms with E-state index in [0.29, 0.717) is 28.0 Å². The molecule has 0 saturated heterocycles. The summed E-state index contributed by atoms with van der Waals surface area (Å²) in [7, 11) is 0. The normalized spacial score (nSPS) is 14.9. The number of halogens is 1. The van der Waals surface area contributed by atoms with E-state index in [1.807, 2.05) is 42.6 Å². The van der Waals surface area contributed by atoms with Gasteiger partial charge in [0.05, 0.1) is 5.69 Å². The smallest absolute Gasteiger partial charge is 0.248 e. The second-order valence-corrected chi connectivity index (χ2v) is 6.66. The summed E-state index contributed by atoms with van der Waals surface area (Å²) < 4.78 is 13.1. The van der Waals surface area contributed by atoms with Gasteiger partial charge < -0.3 is 14.8 Å². The molecular weight excluding hydrogens is 354 g/mol. The van der Waals surface area contributed by atoms with Gasteiger partial charge in [0, 0.05) is 37.9 Å². The van der Waals surface area contributed by atoms with Crippen LogP contribution < -0.4 is 14.8 Å². The fraction of sp³-hybridized carbons (Fsp3) is 0.158. The molecule has 26 heavy (non-hydrogen) atoms. The molecule has 0 saturated carbocycles. The van der Waals surface area contributed by atoms with Crippen molar-refractivity contribution in [2.75, 3.05) is 5.32 Å². The van der Waals surface area contributed by atoms with Gasteiger partial charge in [-0.1, -0.05) is 17.7 Å². The number of nitrogens with one attached hydrogen (secondary N) is 1. The number of aromatic nitrogens is 2. The fourth-order valence-electron chi connectivity index (χ4n) is 2.77. The predicted octanol–water partition coefficient (Wildman–Crippen LogP) is 4.15. The molecule has 6 nitrogen and oxygen atoms in total. The van der Waals surface area contributed by atoms with E-state index in [1.54, 1.807) is 24.3 Å². The van der Waals surface area contributed by atoms with Gasteiger partial charge in [-0.3, -0.25) is 9.20 Å². The van der Waals surface area contributed by atoms with Gasteiger partial charge in [0.2, 0.25) is 11.7 Å². The van der Waals surface area contributed by atoms with Crippen LogP contribution in [0.1, 0.15) is 19.5 Å². The van der Waals surface area contributed by atoms with Crippen LogP contribution in [-0.4, -0.2) is 21.1 Å². The number of carbonyl (C=O) groups excluding carboxylic acids is 1. The minimum Gasteiger partial charge on any atom is -0.449 e. The number of anilines is 1. The Balaban J connectivity index is 1.51. The Morgan fingerprint density at radius 2 is 2.04 bits per heavy atom. The summed E-state index contributed by atoms with van der Waals surface area (Å²) in [5.41, 5.74) is 1.98. The first-order valence-electron chi connectivity index (χ1n) is 8.05. The molecule has 0 fully saturated rings. The minimum atomic E-state index is -0.704. The fourth-order valence-corrected chi connectivity index (χ4v) is 3.01. The molecule has 0 unspecified atom stereocenters. The zero-order valence-electron chi connectivity index (χ0n) is 14.2. The van der Waals surface area contributed by atoms with Crippen LogP contribution in [-0.2, 0) is 4.79 Å². The van der Waals surface area contributed by atoms with E-state index in [0.717, 1.165) is 5.65 Å². The van der Waals surface area contributed by atoms with Gasteiger partial charge in [-0.05, 0) is 30.3 Å². The first-order chi connectivity index (χ1) is 12.4. The van der Waals surface area contributed by atoms with E-state index in [9.17, 15) is 4.79 Å². The Morgan fingerprint density at radius 3 is 2.88 bits per heavy atom. The van der Waals surface area contributed by atoms with E-state index in [4.69, 9.17) is 21.1 Å². The lowest BCUT2D eigenvalue weighted by Gasteiger charge is -2.16. The molecule has 132 valence electrons. The number of fused-ring (bicyclic) bond motifs is 2. The summed E-state index contributed by atoms with van der Waals surface area (Å²) in [5.74, 6) is 0.262. The second-order valence-electron chi connectivity index (χ2n) is 6.30. The van der Waals surface area contributed by atoms with Crippen molar-refractivity contribution < 1.29 is 14.3 Å². The largest absolute Gasteiger partial charge is 0.449 e. The van der Waals surface area contributed by atoms with Crippen LogP contribution in [0.4, 0.5) is 5.69 Å². The number of rotatable bonds is 3. The van der Waals surface area contributed by atoms with Gasteiger partial charge in [0.15, 0.2) is 16.7 Å². The maximum absolute atomic E-state index is 12.2. The van der Waals surface area contributed by atoms with Gasteiger partial charge in [0.1, 0.15) is 5.65 Å². The first kappa shape index (κ1) is 16.5. The minimum absolute atomic E-state index is 0.287. The Morgan fingerprint density at radius 1 is 1.23 bits per heavy atom. The third-order valence-electron chi connectivity index (χ3n) is 3.84. The van der Waals surface area contributed by atoms with Gasteiger partial charge >= 0.3 is 0 Å². The van der Waals surface area contributed by atoms with Gasteiger partial charge in [-0.25, -0.2) is 4.98 Å². The highest BCUT2D eigenvalue weighted by molar-refractivity contribution is 6.31. The number of imidazole rings is 1. The monoisotopic (exact) mass is 369 g/mol. The van der Waals surface area contributed by atoms with Crippen LogP contribution in [0.5, 0.6) is 11.5 Å². The summed E-state index contributed by atoms with van der Waals surface area (Å²) in [6.07, 6.45) is 4.88. The third kappa shape index (κ3) is 3.11. The van der Waals surface area contributed by atoms with E-state index in [1.165, 1.54) is 6.08 Å². The molecule has 1 N–H and O–H groups in total. The lowest BCUT2D eigenvalue weighted by Crippen LogP contribution is -2.29. The maximum Gasteiger partial charge on any atom is 0.248 e. The van der Waals surface area contributed by atoms with E-state index in [2.05, 4.69) is 10.3 Å². The van der Waals surface area contributed by atoms with Crippen molar-refractivity contribution in [2.24, 2.45) is 0 Å². The highest BCUT2D eigenvalue weighted by Gasteiger charge is 2.31. The van der Waals surface area contributed by atoms with Crippen molar-refractivity contribution in [3.63, 3.8) is 0 Å². The van der Waals surface area contributed by atoms with Crippen molar-refractivity contribution in [3.8, 4) is 11.5 Å². The van der Waals surface area contributed by atoms with E-state index >= 15 is 0 Å². The molecule has 1 aliphatic rings. The molecule has 3 aromatic rings. The molecule has 0 radical (unpaired) electrons. The molecule has 1 aliphatic heterocycles. The quantitative estimate of drug-likeness (QED) is 0.704. The second kappa shape index (κ2) is 6.07. The average molecular weight is 370 g/mol. The number of amides is 1. The molecule has 2 aromatic heterocycles. The molecule has 0 atom stereocenters. The van der Waals surface area contributed by atoms with Crippen LogP contribution >= 0.6 is 11.6 Å². The van der Waals surface area contributed by atoms with Crippen molar-refractivity contribution in [3.05, 3.63) is 59.5 Å². The first-order valence-corrected chi connectivity index (χ1v) is 8.43. The highest BCUT2D eigenvalue weighted by Crippen LogP contribution is 2.40. The van der Waals surface area contributed by atoms with Crippen molar-refractivity contribution in [1.82, 2.24) is 9.38 Å². The summed E-state index contributed by atoms with van der Waals surface area (Å²) >= 11 is 6.16. The lowest BCUT2D eigenvalue weighted by atomic mass is 10.2. The maximum atomic E-state index is 12.2. The molecule has 0 bridgehead atoms. The van der Waals surface area contributed by atoms with Crippen molar-refractivity contribution in [1.29, 1.82) is 0 Å². The molecule has 0 aliphatic carbocycles. The Bertz CT molecular complexity index is 1040. The number of benzene rings is 1. The number of hydrogen-bond acceptors (Lipinski definition) is 4. The molecular formula is C19H16ClN3O3. The summed E-state index contributed by atoms with van der Waals surface area (Å²) in [5, 5.41) is 3.13. The number of pyridine rings is 1. The standard InChI is InChI=1S/C19H16ClN3O3/c1-19(2)25-14-8-6-12(11-15(14)26-19)21-17(24)9-7-13-18(20)22-16-5-3-4-10-23(13)16/h3-11H,1-2H3,(H,21,24). The zero-order valence-corrected chi connectivity index (χ0v) is 14.9.